The second-order valence-electron chi connectivity index (χ2n) is 7.09. The molecule has 0 unspecified atom stereocenters. The minimum Gasteiger partial charge on any atom is -0.464 e. The maximum atomic E-state index is 12.7. The molecule has 10 nitrogen and oxygen atoms in total. The third-order valence-corrected chi connectivity index (χ3v) is 5.03. The van der Waals surface area contributed by atoms with Crippen LogP contribution in [-0.2, 0) is 44.4 Å². The number of ether oxygens (including phenoxy) is 1. The Kier molecular flexibility index (Phi) is 8.33. The number of nitrogens with one attached hydrogen (secondary N) is 2. The van der Waals surface area contributed by atoms with E-state index in [0.29, 0.717) is 0 Å². The predicted molar refractivity (Wildman–Crippen MR) is 105 cm³/mol. The molecule has 1 aromatic rings. The summed E-state index contributed by atoms with van der Waals surface area (Å²) in [5.41, 5.74) is 0.876. The van der Waals surface area contributed by atoms with Crippen molar-refractivity contribution in [3.05, 3.63) is 35.9 Å². The molecule has 1 saturated heterocycles. The van der Waals surface area contributed by atoms with Gasteiger partial charge in [0.15, 0.2) is 6.10 Å². The first-order valence-electron chi connectivity index (χ1n) is 9.53. The molecule has 166 valence electrons. The van der Waals surface area contributed by atoms with E-state index in [9.17, 15) is 22.8 Å². The highest BCUT2D eigenvalue weighted by Gasteiger charge is 2.50. The molecule has 0 bridgehead atoms. The summed E-state index contributed by atoms with van der Waals surface area (Å²) in [5, 5.41) is 5.20. The van der Waals surface area contributed by atoms with Crippen LogP contribution in [0.2, 0.25) is 0 Å². The van der Waals surface area contributed by atoms with Gasteiger partial charge in [-0.3, -0.25) is 9.59 Å². The van der Waals surface area contributed by atoms with Crippen molar-refractivity contribution < 1.29 is 35.9 Å². The van der Waals surface area contributed by atoms with Gasteiger partial charge in [-0.2, -0.15) is 8.42 Å². The minimum atomic E-state index is -4.54. The van der Waals surface area contributed by atoms with Gasteiger partial charge >= 0.3 is 16.4 Å². The zero-order valence-electron chi connectivity index (χ0n) is 17.0. The van der Waals surface area contributed by atoms with E-state index in [1.165, 1.54) is 6.92 Å². The van der Waals surface area contributed by atoms with E-state index in [-0.39, 0.29) is 25.5 Å². The van der Waals surface area contributed by atoms with Gasteiger partial charge in [0.05, 0.1) is 6.61 Å². The molecule has 0 aromatic heterocycles. The van der Waals surface area contributed by atoms with Gasteiger partial charge in [-0.1, -0.05) is 44.2 Å². The summed E-state index contributed by atoms with van der Waals surface area (Å²) >= 11 is 0. The monoisotopic (exact) mass is 442 g/mol. The fourth-order valence-corrected chi connectivity index (χ4v) is 3.73. The Balaban J connectivity index is 2.09. The molecule has 1 aliphatic heterocycles. The number of rotatable bonds is 9. The molecule has 1 aromatic carbocycles. The second kappa shape index (κ2) is 10.5. The standard InChI is InChI=1S/C19H26N2O8S/c1-4-27-19(24)16-15(28-30(25,26)29-16)18(23)21-14(10-12(2)3)17(22)20-11-13-8-6-5-7-9-13/h5-9,12,14-16H,4,10-11H2,1-3H3,(H,20,22)(H,21,23)/t14-,15-,16-/m0/s1. The first-order valence-corrected chi connectivity index (χ1v) is 10.9. The topological polar surface area (TPSA) is 137 Å². The molecule has 2 amide bonds. The van der Waals surface area contributed by atoms with Crippen molar-refractivity contribution >= 4 is 28.2 Å². The fraction of sp³-hybridized carbons (Fsp3) is 0.526. The lowest BCUT2D eigenvalue weighted by Crippen LogP contribution is -2.53. The first-order chi connectivity index (χ1) is 14.1. The zero-order valence-corrected chi connectivity index (χ0v) is 17.8. The molecule has 1 fully saturated rings. The van der Waals surface area contributed by atoms with Crippen molar-refractivity contribution in [2.45, 2.75) is 52.0 Å². The van der Waals surface area contributed by atoms with Gasteiger partial charge in [-0.15, -0.1) is 0 Å². The molecule has 3 atom stereocenters. The molecule has 0 radical (unpaired) electrons. The van der Waals surface area contributed by atoms with Crippen LogP contribution in [0, 0.1) is 5.92 Å². The Morgan fingerprint density at radius 1 is 1.10 bits per heavy atom. The van der Waals surface area contributed by atoms with Crippen LogP contribution in [0.1, 0.15) is 32.8 Å². The van der Waals surface area contributed by atoms with Gasteiger partial charge in [0.1, 0.15) is 6.04 Å². The van der Waals surface area contributed by atoms with E-state index in [1.54, 1.807) is 0 Å². The SMILES string of the molecule is CCOC(=O)[C@H]1OS(=O)(=O)O[C@@H]1C(=O)N[C@@H](CC(C)C)C(=O)NCc1ccccc1. The van der Waals surface area contributed by atoms with Crippen LogP contribution in [0.4, 0.5) is 0 Å². The van der Waals surface area contributed by atoms with Gasteiger partial charge in [0.25, 0.3) is 5.91 Å². The normalized spacial score (nSPS) is 21.1. The molecular weight excluding hydrogens is 416 g/mol. The van der Waals surface area contributed by atoms with Crippen molar-refractivity contribution in [2.24, 2.45) is 5.92 Å². The molecule has 2 rings (SSSR count). The summed E-state index contributed by atoms with van der Waals surface area (Å²) in [5.74, 6) is -2.42. The summed E-state index contributed by atoms with van der Waals surface area (Å²) < 4.78 is 37.1. The summed E-state index contributed by atoms with van der Waals surface area (Å²) in [6.07, 6.45) is -3.27. The molecule has 2 N–H and O–H groups in total. The van der Waals surface area contributed by atoms with Crippen LogP contribution in [0.5, 0.6) is 0 Å². The van der Waals surface area contributed by atoms with E-state index in [2.05, 4.69) is 19.0 Å². The summed E-state index contributed by atoms with van der Waals surface area (Å²) in [4.78, 5) is 37.2. The minimum absolute atomic E-state index is 0.0368. The lowest BCUT2D eigenvalue weighted by atomic mass is 10.0. The lowest BCUT2D eigenvalue weighted by Gasteiger charge is -2.22. The summed E-state index contributed by atoms with van der Waals surface area (Å²) in [6.45, 7) is 5.47. The van der Waals surface area contributed by atoms with Crippen molar-refractivity contribution in [2.75, 3.05) is 6.61 Å². The molecule has 0 saturated carbocycles. The number of benzene rings is 1. The molecule has 30 heavy (non-hydrogen) atoms. The largest absolute Gasteiger partial charge is 0.464 e. The van der Waals surface area contributed by atoms with Crippen LogP contribution in [0.3, 0.4) is 0 Å². The number of carbonyl (C=O) groups is 3. The van der Waals surface area contributed by atoms with Crippen LogP contribution in [0.15, 0.2) is 30.3 Å². The van der Waals surface area contributed by atoms with E-state index < -0.39 is 46.4 Å². The average Bonchev–Trinajstić information content (AvgIpc) is 3.02. The van der Waals surface area contributed by atoms with Crippen LogP contribution in [-0.4, -0.2) is 51.1 Å². The number of carbonyl (C=O) groups excluding carboxylic acids is 3. The molecule has 11 heteroatoms. The van der Waals surface area contributed by atoms with Crippen molar-refractivity contribution in [3.63, 3.8) is 0 Å². The smallest absolute Gasteiger partial charge is 0.401 e. The Hall–Kier alpha value is -2.50. The number of hydrogen-bond donors (Lipinski definition) is 2. The summed E-state index contributed by atoms with van der Waals surface area (Å²) in [7, 11) is -4.54. The van der Waals surface area contributed by atoms with Crippen molar-refractivity contribution in [1.82, 2.24) is 10.6 Å². The Bertz CT molecular complexity index is 857. The third-order valence-electron chi connectivity index (χ3n) is 4.14. The lowest BCUT2D eigenvalue weighted by molar-refractivity contribution is -0.155. The Morgan fingerprint density at radius 3 is 2.33 bits per heavy atom. The Labute approximate surface area is 175 Å². The van der Waals surface area contributed by atoms with Crippen molar-refractivity contribution in [1.29, 1.82) is 0 Å². The quantitative estimate of drug-likeness (QED) is 0.525. The van der Waals surface area contributed by atoms with Gasteiger partial charge in [-0.25, -0.2) is 13.2 Å². The Morgan fingerprint density at radius 2 is 1.73 bits per heavy atom. The predicted octanol–water partition coefficient (Wildman–Crippen LogP) is 0.426. The number of esters is 1. The van der Waals surface area contributed by atoms with Gasteiger partial charge in [0, 0.05) is 6.54 Å². The van der Waals surface area contributed by atoms with E-state index >= 15 is 0 Å². The average molecular weight is 442 g/mol. The molecule has 1 aliphatic rings. The van der Waals surface area contributed by atoms with E-state index in [1.807, 2.05) is 44.2 Å². The van der Waals surface area contributed by atoms with Gasteiger partial charge in [0.2, 0.25) is 12.0 Å². The number of amides is 2. The fourth-order valence-electron chi connectivity index (χ4n) is 2.81. The molecule has 0 spiro atoms. The molecule has 0 aliphatic carbocycles. The van der Waals surface area contributed by atoms with Crippen molar-refractivity contribution in [3.8, 4) is 0 Å². The highest BCUT2D eigenvalue weighted by molar-refractivity contribution is 7.82. The highest BCUT2D eigenvalue weighted by Crippen LogP contribution is 2.22. The first kappa shape index (κ1) is 23.8. The zero-order chi connectivity index (χ0) is 22.3. The van der Waals surface area contributed by atoms with Gasteiger partial charge in [-0.05, 0) is 24.8 Å². The van der Waals surface area contributed by atoms with Crippen LogP contribution in [0.25, 0.3) is 0 Å². The van der Waals surface area contributed by atoms with E-state index in [4.69, 9.17) is 4.74 Å². The second-order valence-corrected chi connectivity index (χ2v) is 8.29. The molecular formula is C19H26N2O8S. The van der Waals surface area contributed by atoms with E-state index in [0.717, 1.165) is 5.56 Å². The van der Waals surface area contributed by atoms with Gasteiger partial charge < -0.3 is 15.4 Å². The highest BCUT2D eigenvalue weighted by atomic mass is 32.3. The molecule has 1 heterocycles. The van der Waals surface area contributed by atoms with Crippen LogP contribution < -0.4 is 10.6 Å². The summed E-state index contributed by atoms with van der Waals surface area (Å²) in [6, 6.07) is 8.25. The third kappa shape index (κ3) is 6.78. The maximum absolute atomic E-state index is 12.7. The maximum Gasteiger partial charge on any atom is 0.401 e. The van der Waals surface area contributed by atoms with Crippen LogP contribution >= 0.6 is 0 Å². The number of hydrogen-bond acceptors (Lipinski definition) is 8.